The van der Waals surface area contributed by atoms with Crippen LogP contribution in [0.1, 0.15) is 31.9 Å². The highest BCUT2D eigenvalue weighted by Gasteiger charge is 2.24. The topological polar surface area (TPSA) is 65.1 Å². The molecule has 3 rings (SSSR count). The first kappa shape index (κ1) is 27.3. The Bertz CT molecular complexity index is 1010. The van der Waals surface area contributed by atoms with Crippen LogP contribution in [0.15, 0.2) is 60.7 Å². The average molecular weight is 493 g/mol. The van der Waals surface area contributed by atoms with Gasteiger partial charge >= 0.3 is 6.03 Å². The highest BCUT2D eigenvalue weighted by molar-refractivity contribution is 5.79. The number of ether oxygens (including phenoxy) is 1. The van der Waals surface area contributed by atoms with Crippen LogP contribution in [0.5, 0.6) is 5.75 Å². The molecule has 7 nitrogen and oxygen atoms in total. The molecule has 1 aliphatic rings. The number of urea groups is 1. The number of carbonyl (C=O) groups excluding carboxylic acids is 2. The lowest BCUT2D eigenvalue weighted by Crippen LogP contribution is -2.55. The normalized spacial score (nSPS) is 14.6. The van der Waals surface area contributed by atoms with Gasteiger partial charge in [0.05, 0.1) is 13.5 Å². The van der Waals surface area contributed by atoms with Gasteiger partial charge in [-0.1, -0.05) is 60.7 Å². The second-order valence-corrected chi connectivity index (χ2v) is 10.2. The van der Waals surface area contributed by atoms with Gasteiger partial charge in [-0.05, 0) is 32.4 Å². The second kappa shape index (κ2) is 13.1. The van der Waals surface area contributed by atoms with Crippen molar-refractivity contribution in [2.45, 2.75) is 32.7 Å². The zero-order chi connectivity index (χ0) is 26.0. The number of hydrogen-bond donors (Lipinski definition) is 1. The van der Waals surface area contributed by atoms with E-state index in [1.807, 2.05) is 97.3 Å². The maximum Gasteiger partial charge on any atom is 0.317 e. The van der Waals surface area contributed by atoms with Gasteiger partial charge in [-0.15, -0.1) is 0 Å². The standard InChI is InChI=1S/C29H40N4O3/c1-29(2,3)30-28(35)33-21-18-31(19-22-33)17-20-32(27(34)23-24-11-6-5-7-12-24)16-10-14-25-13-8-9-15-26(25)36-4/h5-15H,16-23H2,1-4H3,(H,30,35)/b14-10+. The van der Waals surface area contributed by atoms with E-state index in [1.54, 1.807) is 7.11 Å². The third-order valence-electron chi connectivity index (χ3n) is 6.14. The molecule has 0 aromatic heterocycles. The Kier molecular flexibility index (Phi) is 9.94. The van der Waals surface area contributed by atoms with Gasteiger partial charge in [0.15, 0.2) is 0 Å². The number of carbonyl (C=O) groups is 2. The first-order valence-electron chi connectivity index (χ1n) is 12.7. The van der Waals surface area contributed by atoms with Crippen molar-refractivity contribution >= 4 is 18.0 Å². The summed E-state index contributed by atoms with van der Waals surface area (Å²) in [5, 5.41) is 3.04. The maximum absolute atomic E-state index is 13.2. The first-order valence-corrected chi connectivity index (χ1v) is 12.7. The van der Waals surface area contributed by atoms with Gasteiger partial charge in [-0.3, -0.25) is 9.69 Å². The molecule has 0 saturated carbocycles. The fraction of sp³-hybridized carbons (Fsp3) is 0.448. The predicted octanol–water partition coefficient (Wildman–Crippen LogP) is 3.91. The van der Waals surface area contributed by atoms with Crippen molar-refractivity contribution in [3.63, 3.8) is 0 Å². The number of methoxy groups -OCH3 is 1. The zero-order valence-electron chi connectivity index (χ0n) is 22.1. The van der Waals surface area contributed by atoms with E-state index in [1.165, 1.54) is 0 Å². The number of nitrogens with one attached hydrogen (secondary N) is 1. The van der Waals surface area contributed by atoms with Gasteiger partial charge in [0.2, 0.25) is 5.91 Å². The van der Waals surface area contributed by atoms with Crippen LogP contribution < -0.4 is 10.1 Å². The summed E-state index contributed by atoms with van der Waals surface area (Å²) in [5.74, 6) is 0.915. The largest absolute Gasteiger partial charge is 0.496 e. The summed E-state index contributed by atoms with van der Waals surface area (Å²) in [6.07, 6.45) is 4.41. The molecule has 1 heterocycles. The van der Waals surface area contributed by atoms with Crippen LogP contribution in [0.2, 0.25) is 0 Å². The molecule has 2 aromatic carbocycles. The molecule has 3 amide bonds. The van der Waals surface area contributed by atoms with Gasteiger partial charge in [0.25, 0.3) is 0 Å². The third-order valence-corrected chi connectivity index (χ3v) is 6.14. The number of amides is 3. The summed E-state index contributed by atoms with van der Waals surface area (Å²) in [6, 6.07) is 17.7. The molecule has 0 atom stereocenters. The molecule has 1 N–H and O–H groups in total. The molecule has 1 saturated heterocycles. The number of rotatable bonds is 9. The van der Waals surface area contributed by atoms with E-state index in [2.05, 4.69) is 10.2 Å². The summed E-state index contributed by atoms with van der Waals surface area (Å²) in [4.78, 5) is 31.8. The van der Waals surface area contributed by atoms with Crippen molar-refractivity contribution in [2.24, 2.45) is 0 Å². The van der Waals surface area contributed by atoms with E-state index in [4.69, 9.17) is 4.74 Å². The number of para-hydroxylation sites is 1. The molecule has 194 valence electrons. The van der Waals surface area contributed by atoms with Crippen LogP contribution in [0, 0.1) is 0 Å². The molecule has 0 spiro atoms. The van der Waals surface area contributed by atoms with Crippen LogP contribution in [0.25, 0.3) is 6.08 Å². The summed E-state index contributed by atoms with van der Waals surface area (Å²) < 4.78 is 5.44. The van der Waals surface area contributed by atoms with Gasteiger partial charge in [-0.2, -0.15) is 0 Å². The molecule has 0 bridgehead atoms. The number of hydrogen-bond acceptors (Lipinski definition) is 4. The van der Waals surface area contributed by atoms with E-state index in [0.717, 1.165) is 36.5 Å². The van der Waals surface area contributed by atoms with E-state index < -0.39 is 0 Å². The van der Waals surface area contributed by atoms with E-state index in [9.17, 15) is 9.59 Å². The van der Waals surface area contributed by atoms with Crippen LogP contribution in [-0.2, 0) is 11.2 Å². The number of benzene rings is 2. The minimum absolute atomic E-state index is 0.0108. The maximum atomic E-state index is 13.2. The fourth-order valence-electron chi connectivity index (χ4n) is 4.15. The van der Waals surface area contributed by atoms with Crippen LogP contribution >= 0.6 is 0 Å². The minimum atomic E-state index is -0.245. The lowest BCUT2D eigenvalue weighted by molar-refractivity contribution is -0.130. The third kappa shape index (κ3) is 8.72. The molecule has 36 heavy (non-hydrogen) atoms. The fourth-order valence-corrected chi connectivity index (χ4v) is 4.15. The molecule has 2 aromatic rings. The predicted molar refractivity (Wildman–Crippen MR) is 145 cm³/mol. The summed E-state index contributed by atoms with van der Waals surface area (Å²) >= 11 is 0. The number of piperazine rings is 1. The Hall–Kier alpha value is -3.32. The second-order valence-electron chi connectivity index (χ2n) is 10.2. The SMILES string of the molecule is COc1ccccc1/C=C/CN(CCN1CCN(C(=O)NC(C)(C)C)CC1)C(=O)Cc1ccccc1. The monoisotopic (exact) mass is 492 g/mol. The highest BCUT2D eigenvalue weighted by atomic mass is 16.5. The van der Waals surface area contributed by atoms with Gasteiger partial charge in [0.1, 0.15) is 5.75 Å². The van der Waals surface area contributed by atoms with Crippen molar-refractivity contribution in [3.8, 4) is 5.75 Å². The molecule has 0 aliphatic carbocycles. The molecule has 1 aliphatic heterocycles. The van der Waals surface area contributed by atoms with Crippen LogP contribution in [-0.4, -0.2) is 85.1 Å². The van der Waals surface area contributed by atoms with Crippen LogP contribution in [0.4, 0.5) is 4.79 Å². The molecule has 0 unspecified atom stereocenters. The van der Waals surface area contributed by atoms with Gasteiger partial charge < -0.3 is 19.9 Å². The lowest BCUT2D eigenvalue weighted by atomic mass is 10.1. The van der Waals surface area contributed by atoms with Crippen molar-refractivity contribution in [1.29, 1.82) is 0 Å². The van der Waals surface area contributed by atoms with Gasteiger partial charge in [0, 0.05) is 56.9 Å². The highest BCUT2D eigenvalue weighted by Crippen LogP contribution is 2.18. The summed E-state index contributed by atoms with van der Waals surface area (Å²) in [7, 11) is 1.66. The Balaban J connectivity index is 1.58. The molecular weight excluding hydrogens is 452 g/mol. The molecule has 1 fully saturated rings. The Morgan fingerprint density at radius 3 is 2.33 bits per heavy atom. The van der Waals surface area contributed by atoms with E-state index in [0.29, 0.717) is 32.6 Å². The minimum Gasteiger partial charge on any atom is -0.496 e. The van der Waals surface area contributed by atoms with Crippen molar-refractivity contribution in [2.75, 3.05) is 52.9 Å². The zero-order valence-corrected chi connectivity index (χ0v) is 22.1. The van der Waals surface area contributed by atoms with Crippen LogP contribution in [0.3, 0.4) is 0 Å². The Morgan fingerprint density at radius 1 is 1.00 bits per heavy atom. The smallest absolute Gasteiger partial charge is 0.317 e. The molecule has 7 heteroatoms. The van der Waals surface area contributed by atoms with Gasteiger partial charge in [-0.25, -0.2) is 4.79 Å². The average Bonchev–Trinajstić information content (AvgIpc) is 2.86. The quantitative estimate of drug-likeness (QED) is 0.577. The van der Waals surface area contributed by atoms with Crippen molar-refractivity contribution < 1.29 is 14.3 Å². The van der Waals surface area contributed by atoms with Crippen molar-refractivity contribution in [1.82, 2.24) is 20.0 Å². The first-order chi connectivity index (χ1) is 17.2. The summed E-state index contributed by atoms with van der Waals surface area (Å²) in [5.41, 5.74) is 1.75. The Labute approximate surface area is 215 Å². The summed E-state index contributed by atoms with van der Waals surface area (Å²) in [6.45, 7) is 10.9. The van der Waals surface area contributed by atoms with E-state index >= 15 is 0 Å². The Morgan fingerprint density at radius 2 is 1.67 bits per heavy atom. The molecule has 0 radical (unpaired) electrons. The molecular formula is C29H40N4O3. The lowest BCUT2D eigenvalue weighted by Gasteiger charge is -2.37. The number of nitrogens with zero attached hydrogens (tertiary/aromatic N) is 3. The van der Waals surface area contributed by atoms with E-state index in [-0.39, 0.29) is 17.5 Å². The van der Waals surface area contributed by atoms with Crippen molar-refractivity contribution in [3.05, 3.63) is 71.8 Å².